The largest absolute Gasteiger partial charge is 0.394 e. The third-order valence-electron chi connectivity index (χ3n) is 4.07. The van der Waals surface area contributed by atoms with E-state index in [1.807, 2.05) is 0 Å². The molecule has 0 bridgehead atoms. The lowest BCUT2D eigenvalue weighted by molar-refractivity contribution is -0.383. The van der Waals surface area contributed by atoms with Gasteiger partial charge in [0.25, 0.3) is 0 Å². The van der Waals surface area contributed by atoms with Crippen LogP contribution in [0, 0.1) is 0 Å². The standard InChI is InChI=1S/C12H22O11/c13-1-4-6(16)8(18)9(19)11(21-4)23-12(3-15)10(20)7(17)5(2-14)22-12/h4-11,13-20H,1-3H2/t4?,5-,6-,7+,8+,9?,10?,11-,12+/m0/s1. The highest BCUT2D eigenvalue weighted by molar-refractivity contribution is 4.98. The van der Waals surface area contributed by atoms with Crippen LogP contribution in [0.25, 0.3) is 0 Å². The minimum absolute atomic E-state index is 0.669. The number of rotatable bonds is 5. The Morgan fingerprint density at radius 1 is 0.783 bits per heavy atom. The Morgan fingerprint density at radius 3 is 1.87 bits per heavy atom. The van der Waals surface area contributed by atoms with Crippen LogP contribution in [0.2, 0.25) is 0 Å². The zero-order valence-corrected chi connectivity index (χ0v) is 12.0. The Kier molecular flexibility index (Phi) is 5.92. The Morgan fingerprint density at radius 2 is 1.39 bits per heavy atom. The van der Waals surface area contributed by atoms with E-state index in [2.05, 4.69) is 0 Å². The smallest absolute Gasteiger partial charge is 0.224 e. The van der Waals surface area contributed by atoms with E-state index in [0.29, 0.717) is 0 Å². The van der Waals surface area contributed by atoms with Crippen molar-refractivity contribution in [2.45, 2.75) is 54.8 Å². The van der Waals surface area contributed by atoms with Crippen LogP contribution in [0.1, 0.15) is 0 Å². The predicted octanol–water partition coefficient (Wildman–Crippen LogP) is -5.40. The second-order valence-corrected chi connectivity index (χ2v) is 5.56. The van der Waals surface area contributed by atoms with E-state index < -0.39 is 74.6 Å². The third kappa shape index (κ3) is 3.23. The molecule has 2 heterocycles. The molecular weight excluding hydrogens is 320 g/mol. The highest BCUT2D eigenvalue weighted by atomic mass is 16.8. The van der Waals surface area contributed by atoms with Gasteiger partial charge in [-0.1, -0.05) is 0 Å². The van der Waals surface area contributed by atoms with Crippen molar-refractivity contribution >= 4 is 0 Å². The summed E-state index contributed by atoms with van der Waals surface area (Å²) in [5.74, 6) is -2.22. The molecule has 23 heavy (non-hydrogen) atoms. The summed E-state index contributed by atoms with van der Waals surface area (Å²) in [6, 6.07) is 0. The van der Waals surface area contributed by atoms with Gasteiger partial charge in [0.05, 0.1) is 13.2 Å². The lowest BCUT2D eigenvalue weighted by Gasteiger charge is -2.43. The molecule has 2 aliphatic rings. The molecular formula is C12H22O11. The van der Waals surface area contributed by atoms with Crippen molar-refractivity contribution in [3.63, 3.8) is 0 Å². The maximum Gasteiger partial charge on any atom is 0.224 e. The normalized spacial score (nSPS) is 51.1. The second-order valence-electron chi connectivity index (χ2n) is 5.56. The van der Waals surface area contributed by atoms with E-state index in [1.165, 1.54) is 0 Å². The van der Waals surface area contributed by atoms with Crippen LogP contribution in [0.3, 0.4) is 0 Å². The molecule has 0 aromatic carbocycles. The predicted molar refractivity (Wildman–Crippen MR) is 68.6 cm³/mol. The van der Waals surface area contributed by atoms with Gasteiger partial charge in [0.1, 0.15) is 49.3 Å². The van der Waals surface area contributed by atoms with Crippen molar-refractivity contribution in [1.82, 2.24) is 0 Å². The van der Waals surface area contributed by atoms with Gasteiger partial charge in [-0.15, -0.1) is 0 Å². The minimum atomic E-state index is -2.22. The Hall–Kier alpha value is -0.440. The molecule has 2 saturated heterocycles. The quantitative estimate of drug-likeness (QED) is 0.238. The Bertz CT molecular complexity index is 393. The number of hydrogen-bond acceptors (Lipinski definition) is 11. The van der Waals surface area contributed by atoms with Gasteiger partial charge in [-0.3, -0.25) is 0 Å². The van der Waals surface area contributed by atoms with Gasteiger partial charge in [-0.25, -0.2) is 0 Å². The summed E-state index contributed by atoms with van der Waals surface area (Å²) in [5.41, 5.74) is 0. The zero-order chi connectivity index (χ0) is 17.4. The highest BCUT2D eigenvalue weighted by Gasteiger charge is 2.58. The minimum Gasteiger partial charge on any atom is -0.394 e. The molecule has 11 nitrogen and oxygen atoms in total. The van der Waals surface area contributed by atoms with Crippen molar-refractivity contribution in [2.24, 2.45) is 0 Å². The molecule has 0 aromatic rings. The molecule has 3 unspecified atom stereocenters. The van der Waals surface area contributed by atoms with Gasteiger partial charge < -0.3 is 55.1 Å². The molecule has 2 rings (SSSR count). The molecule has 2 aliphatic heterocycles. The van der Waals surface area contributed by atoms with Crippen LogP contribution in [0.15, 0.2) is 0 Å². The van der Waals surface area contributed by atoms with E-state index in [0.717, 1.165) is 0 Å². The topological polar surface area (TPSA) is 190 Å². The maximum absolute atomic E-state index is 10.00. The van der Waals surface area contributed by atoms with Crippen LogP contribution in [-0.2, 0) is 14.2 Å². The van der Waals surface area contributed by atoms with Gasteiger partial charge in [-0.2, -0.15) is 0 Å². The van der Waals surface area contributed by atoms with E-state index in [1.54, 1.807) is 0 Å². The molecule has 9 atom stereocenters. The molecule has 136 valence electrons. The van der Waals surface area contributed by atoms with Crippen LogP contribution < -0.4 is 0 Å². The monoisotopic (exact) mass is 342 g/mol. The first-order valence-electron chi connectivity index (χ1n) is 7.05. The summed E-state index contributed by atoms with van der Waals surface area (Å²) < 4.78 is 15.4. The van der Waals surface area contributed by atoms with Crippen molar-refractivity contribution in [3.05, 3.63) is 0 Å². The average molecular weight is 342 g/mol. The lowest BCUT2D eigenvalue weighted by Crippen LogP contribution is -2.62. The maximum atomic E-state index is 10.00. The van der Waals surface area contributed by atoms with Gasteiger partial charge in [-0.05, 0) is 0 Å². The molecule has 0 aliphatic carbocycles. The lowest BCUT2D eigenvalue weighted by atomic mass is 9.99. The summed E-state index contributed by atoms with van der Waals surface area (Å²) in [7, 11) is 0. The molecule has 0 amide bonds. The SMILES string of the molecule is OCC1O[C@@H](O[C@@]2(CO)O[C@@H](CO)[C@@H](O)C2O)C(O)[C@H](O)[C@H]1O. The van der Waals surface area contributed by atoms with Crippen molar-refractivity contribution in [1.29, 1.82) is 0 Å². The average Bonchev–Trinajstić information content (AvgIpc) is 2.80. The number of aliphatic hydroxyl groups is 8. The molecule has 0 radical (unpaired) electrons. The Balaban J connectivity index is 2.18. The van der Waals surface area contributed by atoms with E-state index in [4.69, 9.17) is 24.4 Å². The summed E-state index contributed by atoms with van der Waals surface area (Å²) >= 11 is 0. The molecule has 11 heteroatoms. The molecule has 8 N–H and O–H groups in total. The first-order valence-corrected chi connectivity index (χ1v) is 7.05. The van der Waals surface area contributed by atoms with Gasteiger partial charge in [0.15, 0.2) is 6.29 Å². The van der Waals surface area contributed by atoms with Crippen molar-refractivity contribution < 1.29 is 55.1 Å². The summed E-state index contributed by atoms with van der Waals surface area (Å²) in [6.45, 7) is -2.32. The molecule has 2 fully saturated rings. The van der Waals surface area contributed by atoms with E-state index in [9.17, 15) is 30.6 Å². The number of ether oxygens (including phenoxy) is 3. The fourth-order valence-corrected chi connectivity index (χ4v) is 2.63. The first kappa shape index (κ1) is 18.9. The Labute approximate surface area is 130 Å². The van der Waals surface area contributed by atoms with Crippen molar-refractivity contribution in [2.75, 3.05) is 19.8 Å². The third-order valence-corrected chi connectivity index (χ3v) is 4.07. The fraction of sp³-hybridized carbons (Fsp3) is 1.00. The number of hydrogen-bond donors (Lipinski definition) is 8. The van der Waals surface area contributed by atoms with E-state index in [-0.39, 0.29) is 0 Å². The van der Waals surface area contributed by atoms with Crippen LogP contribution in [-0.4, -0.2) is 115 Å². The van der Waals surface area contributed by atoms with Crippen LogP contribution in [0.4, 0.5) is 0 Å². The zero-order valence-electron chi connectivity index (χ0n) is 12.0. The summed E-state index contributed by atoms with van der Waals surface area (Å²) in [6.07, 6.45) is -12.7. The molecule has 0 saturated carbocycles. The first-order chi connectivity index (χ1) is 10.8. The van der Waals surface area contributed by atoms with Crippen molar-refractivity contribution in [3.8, 4) is 0 Å². The summed E-state index contributed by atoms with van der Waals surface area (Å²) in [5, 5.41) is 76.7. The van der Waals surface area contributed by atoms with E-state index >= 15 is 0 Å². The second kappa shape index (κ2) is 7.21. The van der Waals surface area contributed by atoms with Gasteiger partial charge >= 0.3 is 0 Å². The molecule has 0 aromatic heterocycles. The molecule has 0 spiro atoms. The van der Waals surface area contributed by atoms with Gasteiger partial charge in [0, 0.05) is 0 Å². The van der Waals surface area contributed by atoms with Gasteiger partial charge in [0.2, 0.25) is 5.79 Å². The summed E-state index contributed by atoms with van der Waals surface area (Å²) in [4.78, 5) is 0. The van der Waals surface area contributed by atoms with Crippen LogP contribution in [0.5, 0.6) is 0 Å². The number of aliphatic hydroxyl groups excluding tert-OH is 8. The highest BCUT2D eigenvalue weighted by Crippen LogP contribution is 2.35. The van der Waals surface area contributed by atoms with Crippen LogP contribution >= 0.6 is 0 Å². The fourth-order valence-electron chi connectivity index (χ4n) is 2.63.